The summed E-state index contributed by atoms with van der Waals surface area (Å²) in [5, 5.41) is 0. The summed E-state index contributed by atoms with van der Waals surface area (Å²) < 4.78 is 25.8. The molecule has 0 unspecified atom stereocenters. The first kappa shape index (κ1) is 9.02. The van der Waals surface area contributed by atoms with Crippen LogP contribution in [0.4, 0.5) is 0 Å². The van der Waals surface area contributed by atoms with Gasteiger partial charge in [-0.15, -0.1) is 12.4 Å². The van der Waals surface area contributed by atoms with Crippen molar-refractivity contribution in [3.8, 4) is 0 Å². The van der Waals surface area contributed by atoms with Crippen molar-refractivity contribution in [2.75, 3.05) is 0 Å². The Labute approximate surface area is 39.9 Å². The Hall–Kier alpha value is 0.352. The van der Waals surface area contributed by atoms with Crippen molar-refractivity contribution in [1.29, 1.82) is 0 Å². The quantitative estimate of drug-likeness (QED) is 0.626. The maximum absolute atomic E-state index is 8.60. The van der Waals surface area contributed by atoms with E-state index in [-0.39, 0.29) is 12.4 Å². The zero-order valence-corrected chi connectivity index (χ0v) is 5.54. The van der Waals surface area contributed by atoms with Crippen LogP contribution >= 0.6 is 12.4 Å². The second-order valence-corrected chi connectivity index (χ2v) is 1.55. The summed E-state index contributed by atoms with van der Waals surface area (Å²) in [5.74, 6) is 0. The predicted octanol–water partition coefficient (Wildman–Crippen LogP) is 0.0629. The third-order valence-corrected chi connectivity index (χ3v) is 0. The summed E-state index contributed by atoms with van der Waals surface area (Å²) >= 11 is -4.21. The van der Waals surface area contributed by atoms with Crippen LogP contribution in [0.5, 0.6) is 0 Å². The summed E-state index contributed by atoms with van der Waals surface area (Å²) in [6.45, 7) is 0. The molecule has 0 aromatic rings. The van der Waals surface area contributed by atoms with Crippen LogP contribution in [0.25, 0.3) is 0 Å². The molecule has 0 radical (unpaired) electrons. The Kier molecular flexibility index (Phi) is 7.85. The van der Waals surface area contributed by atoms with E-state index in [1.807, 2.05) is 0 Å². The maximum atomic E-state index is 8.60. The van der Waals surface area contributed by atoms with E-state index >= 15 is 0 Å². The molecule has 0 saturated carbocycles. The molecule has 0 N–H and O–H groups in total. The van der Waals surface area contributed by atoms with Gasteiger partial charge in [0, 0.05) is 0 Å². The molecule has 0 rings (SSSR count). The fourth-order valence-electron chi connectivity index (χ4n) is 0. The van der Waals surface area contributed by atoms with Gasteiger partial charge in [0.1, 0.15) is 0 Å². The van der Waals surface area contributed by atoms with Gasteiger partial charge in [-0.05, 0) is 0 Å². The predicted molar refractivity (Wildman–Crippen MR) is 9.31 cm³/mol. The number of rotatable bonds is 0. The van der Waals surface area contributed by atoms with Crippen LogP contribution in [0.15, 0.2) is 0 Å². The van der Waals surface area contributed by atoms with Gasteiger partial charge in [-0.3, -0.25) is 0 Å². The summed E-state index contributed by atoms with van der Waals surface area (Å²) in [6.07, 6.45) is 0. The van der Waals surface area contributed by atoms with E-state index in [0.29, 0.717) is 0 Å². The van der Waals surface area contributed by atoms with Gasteiger partial charge >= 0.3 is 27.0 Å². The fourth-order valence-corrected chi connectivity index (χ4v) is 0. The SMILES string of the molecule is Cl.[O]=[Re](=[O])=[O]. The molecule has 0 aliphatic rings. The van der Waals surface area contributed by atoms with Crippen LogP contribution in [0, 0.1) is 0 Å². The molecule has 0 spiro atoms. The molecule has 3 nitrogen and oxygen atoms in total. The van der Waals surface area contributed by atoms with Crippen molar-refractivity contribution in [3.63, 3.8) is 0 Å². The third kappa shape index (κ3) is 194. The van der Waals surface area contributed by atoms with Crippen molar-refractivity contribution < 1.29 is 27.0 Å². The molecule has 0 atom stereocenters. The average molecular weight is 271 g/mol. The van der Waals surface area contributed by atoms with Crippen molar-refractivity contribution >= 4 is 12.4 Å². The Morgan fingerprint density at radius 3 is 1.00 bits per heavy atom. The summed E-state index contributed by atoms with van der Waals surface area (Å²) in [6, 6.07) is 0. The molecule has 0 aliphatic carbocycles. The topological polar surface area (TPSA) is 51.2 Å². The van der Waals surface area contributed by atoms with Crippen LogP contribution in [0.3, 0.4) is 0 Å². The molecule has 0 heterocycles. The van der Waals surface area contributed by atoms with Crippen LogP contribution < -0.4 is 0 Å². The van der Waals surface area contributed by atoms with Gasteiger partial charge in [0.05, 0.1) is 0 Å². The van der Waals surface area contributed by atoms with Crippen LogP contribution in [-0.2, 0) is 27.0 Å². The Balaban J connectivity index is 0. The first-order valence-corrected chi connectivity index (χ1v) is 3.79. The zero-order chi connectivity index (χ0) is 3.58. The monoisotopic (exact) mass is 271 g/mol. The van der Waals surface area contributed by atoms with E-state index in [2.05, 4.69) is 0 Å². The molecule has 0 aromatic heterocycles. The van der Waals surface area contributed by atoms with E-state index in [0.717, 1.165) is 0 Å². The first-order chi connectivity index (χ1) is 1.73. The normalized spacial score (nSPS) is 4.80. The fraction of sp³-hybridized carbons (Fsp3) is 0. The molecule has 0 aliphatic heterocycles. The van der Waals surface area contributed by atoms with Gasteiger partial charge in [0.25, 0.3) is 0 Å². The minimum absolute atomic E-state index is 0. The Morgan fingerprint density at radius 1 is 1.00 bits per heavy atom. The summed E-state index contributed by atoms with van der Waals surface area (Å²) in [7, 11) is 0. The molecule has 5 heavy (non-hydrogen) atoms. The molecule has 0 amide bonds. The van der Waals surface area contributed by atoms with Crippen LogP contribution in [-0.4, -0.2) is 0 Å². The van der Waals surface area contributed by atoms with Gasteiger partial charge in [-0.2, -0.15) is 0 Å². The summed E-state index contributed by atoms with van der Waals surface area (Å²) in [4.78, 5) is 0. The number of hydrogen-bond donors (Lipinski definition) is 0. The molecule has 0 aromatic carbocycles. The standard InChI is InChI=1S/ClH.3O.Re/h1H;;;;. The van der Waals surface area contributed by atoms with E-state index < -0.39 is 16.6 Å². The second kappa shape index (κ2) is 4.35. The second-order valence-electron chi connectivity index (χ2n) is 0.189. The summed E-state index contributed by atoms with van der Waals surface area (Å²) in [5.41, 5.74) is 0. The number of halogens is 1. The van der Waals surface area contributed by atoms with E-state index in [1.165, 1.54) is 0 Å². The third-order valence-electron chi connectivity index (χ3n) is 0. The van der Waals surface area contributed by atoms with Gasteiger partial charge in [-0.1, -0.05) is 0 Å². The van der Waals surface area contributed by atoms with Crippen molar-refractivity contribution in [2.45, 2.75) is 0 Å². The molecule has 5 heteroatoms. The van der Waals surface area contributed by atoms with E-state index in [4.69, 9.17) is 10.4 Å². The Morgan fingerprint density at radius 2 is 1.00 bits per heavy atom. The van der Waals surface area contributed by atoms with Crippen LogP contribution in [0.1, 0.15) is 0 Å². The van der Waals surface area contributed by atoms with Crippen molar-refractivity contribution in [1.82, 2.24) is 0 Å². The van der Waals surface area contributed by atoms with Gasteiger partial charge in [0.15, 0.2) is 0 Å². The van der Waals surface area contributed by atoms with Gasteiger partial charge < -0.3 is 0 Å². The average Bonchev–Trinajstić information content (AvgIpc) is 0.811. The van der Waals surface area contributed by atoms with E-state index in [1.54, 1.807) is 0 Å². The first-order valence-electron chi connectivity index (χ1n) is 0.463. The molecule has 0 bridgehead atoms. The Bertz CT molecular complexity index is 76.3. The molecule has 0 saturated heterocycles. The molecule has 0 fully saturated rings. The minimum atomic E-state index is -4.21. The van der Waals surface area contributed by atoms with Crippen molar-refractivity contribution in [2.24, 2.45) is 0 Å². The van der Waals surface area contributed by atoms with Crippen LogP contribution in [0.2, 0.25) is 0 Å². The van der Waals surface area contributed by atoms with Gasteiger partial charge in [0.2, 0.25) is 0 Å². The van der Waals surface area contributed by atoms with Gasteiger partial charge in [-0.25, -0.2) is 0 Å². The molecular formula is HClO3Re. The molecular weight excluding hydrogens is 270 g/mol. The van der Waals surface area contributed by atoms with E-state index in [9.17, 15) is 0 Å². The number of hydrogen-bond acceptors (Lipinski definition) is 3. The zero-order valence-electron chi connectivity index (χ0n) is 2.01. The molecule has 33 valence electrons. The van der Waals surface area contributed by atoms with Crippen molar-refractivity contribution in [3.05, 3.63) is 0 Å².